The highest BCUT2D eigenvalue weighted by molar-refractivity contribution is 6.43. The molecule has 6 heteroatoms. The molecule has 1 saturated carbocycles. The topological polar surface area (TPSA) is 66.4 Å². The zero-order chi connectivity index (χ0) is 15.4. The van der Waals surface area contributed by atoms with Crippen molar-refractivity contribution in [2.75, 3.05) is 6.54 Å². The van der Waals surface area contributed by atoms with Crippen LogP contribution in [0.2, 0.25) is 10.0 Å². The lowest BCUT2D eigenvalue weighted by Gasteiger charge is -2.26. The summed E-state index contributed by atoms with van der Waals surface area (Å²) in [7, 11) is 0. The molecule has 1 aliphatic rings. The van der Waals surface area contributed by atoms with Crippen molar-refractivity contribution in [2.45, 2.75) is 25.7 Å². The third kappa shape index (κ3) is 4.11. The van der Waals surface area contributed by atoms with Crippen LogP contribution in [0.5, 0.6) is 0 Å². The first-order chi connectivity index (χ1) is 9.99. The smallest absolute Gasteiger partial charge is 0.306 e. The summed E-state index contributed by atoms with van der Waals surface area (Å²) in [6, 6.07) is 4.94. The number of hydrogen-bond acceptors (Lipinski definition) is 2. The van der Waals surface area contributed by atoms with Crippen molar-refractivity contribution in [2.24, 2.45) is 11.8 Å². The highest BCUT2D eigenvalue weighted by Crippen LogP contribution is 2.29. The molecule has 2 rings (SSSR count). The number of rotatable bonds is 4. The van der Waals surface area contributed by atoms with Crippen LogP contribution in [-0.4, -0.2) is 23.5 Å². The second-order valence-electron chi connectivity index (χ2n) is 5.37. The van der Waals surface area contributed by atoms with Crippen LogP contribution in [-0.2, 0) is 4.79 Å². The highest BCUT2D eigenvalue weighted by atomic mass is 35.5. The number of carboxylic acids is 1. The van der Waals surface area contributed by atoms with Crippen molar-refractivity contribution in [3.05, 3.63) is 33.8 Å². The Labute approximate surface area is 133 Å². The van der Waals surface area contributed by atoms with Crippen LogP contribution in [0, 0.1) is 11.8 Å². The van der Waals surface area contributed by atoms with Crippen LogP contribution in [0.25, 0.3) is 0 Å². The predicted molar refractivity (Wildman–Crippen MR) is 81.9 cm³/mol. The van der Waals surface area contributed by atoms with Gasteiger partial charge in [0.1, 0.15) is 0 Å². The average molecular weight is 330 g/mol. The molecule has 0 aliphatic heterocycles. The number of amides is 1. The van der Waals surface area contributed by atoms with Crippen LogP contribution < -0.4 is 5.32 Å². The molecule has 1 amide bonds. The summed E-state index contributed by atoms with van der Waals surface area (Å²) in [6.07, 6.45) is 2.99. The second kappa shape index (κ2) is 7.14. The summed E-state index contributed by atoms with van der Waals surface area (Å²) < 4.78 is 0. The van der Waals surface area contributed by atoms with Crippen molar-refractivity contribution >= 4 is 35.1 Å². The molecule has 0 saturated heterocycles. The average Bonchev–Trinajstić information content (AvgIpc) is 2.48. The Morgan fingerprint density at radius 3 is 2.48 bits per heavy atom. The van der Waals surface area contributed by atoms with Gasteiger partial charge < -0.3 is 10.4 Å². The highest BCUT2D eigenvalue weighted by Gasteiger charge is 2.26. The van der Waals surface area contributed by atoms with E-state index in [9.17, 15) is 9.59 Å². The number of benzene rings is 1. The van der Waals surface area contributed by atoms with Crippen molar-refractivity contribution in [1.82, 2.24) is 5.32 Å². The van der Waals surface area contributed by atoms with Crippen LogP contribution in [0.3, 0.4) is 0 Å². The minimum atomic E-state index is -0.719. The van der Waals surface area contributed by atoms with E-state index < -0.39 is 5.97 Å². The van der Waals surface area contributed by atoms with Gasteiger partial charge in [-0.2, -0.15) is 0 Å². The number of aliphatic carboxylic acids is 1. The molecular formula is C15H17Cl2NO3. The number of halogens is 2. The molecule has 0 spiro atoms. The molecule has 2 N–H and O–H groups in total. The van der Waals surface area contributed by atoms with Crippen molar-refractivity contribution < 1.29 is 14.7 Å². The molecule has 0 heterocycles. The molecule has 114 valence electrons. The standard InChI is InChI=1S/C15H17Cl2NO3/c16-12-3-1-2-11(13(12)17)14(19)18-8-9-4-6-10(7-5-9)15(20)21/h1-3,9-10H,4-8H2,(H,18,19)(H,20,21). The number of nitrogens with one attached hydrogen (secondary N) is 1. The van der Waals surface area contributed by atoms with E-state index in [1.165, 1.54) is 0 Å². The number of carboxylic acid groups (broad SMARTS) is 1. The van der Waals surface area contributed by atoms with Crippen LogP contribution in [0.1, 0.15) is 36.0 Å². The van der Waals surface area contributed by atoms with Gasteiger partial charge in [-0.1, -0.05) is 29.3 Å². The van der Waals surface area contributed by atoms with E-state index in [-0.39, 0.29) is 16.8 Å². The van der Waals surface area contributed by atoms with E-state index in [1.54, 1.807) is 18.2 Å². The quantitative estimate of drug-likeness (QED) is 0.886. The van der Waals surface area contributed by atoms with Gasteiger partial charge in [0.25, 0.3) is 5.91 Å². The largest absolute Gasteiger partial charge is 0.481 e. The fraction of sp³-hybridized carbons (Fsp3) is 0.467. The Kier molecular flexibility index (Phi) is 5.48. The SMILES string of the molecule is O=C(NCC1CCC(C(=O)O)CC1)c1cccc(Cl)c1Cl. The predicted octanol–water partition coefficient (Wildman–Crippen LogP) is 3.61. The van der Waals surface area contributed by atoms with E-state index in [0.717, 1.165) is 12.8 Å². The lowest BCUT2D eigenvalue weighted by molar-refractivity contribution is -0.143. The Morgan fingerprint density at radius 2 is 1.86 bits per heavy atom. The van der Waals surface area contributed by atoms with Gasteiger partial charge in [-0.25, -0.2) is 0 Å². The van der Waals surface area contributed by atoms with E-state index in [1.807, 2.05) is 0 Å². The molecule has 0 bridgehead atoms. The van der Waals surface area contributed by atoms with Gasteiger partial charge in [0, 0.05) is 6.54 Å². The zero-order valence-corrected chi connectivity index (χ0v) is 13.0. The molecule has 0 radical (unpaired) electrons. The van der Waals surface area contributed by atoms with Crippen LogP contribution in [0.4, 0.5) is 0 Å². The first-order valence-corrected chi connectivity index (χ1v) is 7.69. The molecule has 4 nitrogen and oxygen atoms in total. The Morgan fingerprint density at radius 1 is 1.19 bits per heavy atom. The summed E-state index contributed by atoms with van der Waals surface area (Å²) in [5.41, 5.74) is 0.364. The maximum absolute atomic E-state index is 12.1. The van der Waals surface area contributed by atoms with Gasteiger partial charge in [-0.15, -0.1) is 0 Å². The van der Waals surface area contributed by atoms with Gasteiger partial charge >= 0.3 is 5.97 Å². The number of hydrogen-bond donors (Lipinski definition) is 2. The van der Waals surface area contributed by atoms with Crippen molar-refractivity contribution in [3.8, 4) is 0 Å². The van der Waals surface area contributed by atoms with E-state index >= 15 is 0 Å². The first kappa shape index (κ1) is 16.1. The monoisotopic (exact) mass is 329 g/mol. The Balaban J connectivity index is 1.85. The molecule has 0 aromatic heterocycles. The molecule has 1 fully saturated rings. The summed E-state index contributed by atoms with van der Waals surface area (Å²) >= 11 is 11.9. The minimum Gasteiger partial charge on any atom is -0.481 e. The van der Waals surface area contributed by atoms with Gasteiger partial charge in [0.2, 0.25) is 0 Å². The summed E-state index contributed by atoms with van der Waals surface area (Å²) in [5, 5.41) is 12.4. The third-order valence-electron chi connectivity index (χ3n) is 3.94. The minimum absolute atomic E-state index is 0.237. The first-order valence-electron chi connectivity index (χ1n) is 6.94. The maximum atomic E-state index is 12.1. The van der Waals surface area contributed by atoms with Crippen molar-refractivity contribution in [3.63, 3.8) is 0 Å². The fourth-order valence-corrected chi connectivity index (χ4v) is 3.01. The molecule has 0 unspecified atom stereocenters. The fourth-order valence-electron chi connectivity index (χ4n) is 2.62. The number of carbonyl (C=O) groups excluding carboxylic acids is 1. The van der Waals surface area contributed by atoms with Crippen LogP contribution in [0.15, 0.2) is 18.2 Å². The molecule has 1 aliphatic carbocycles. The Hall–Kier alpha value is -1.26. The van der Waals surface area contributed by atoms with E-state index in [0.29, 0.717) is 35.9 Å². The van der Waals surface area contributed by atoms with Crippen LogP contribution >= 0.6 is 23.2 Å². The summed E-state index contributed by atoms with van der Waals surface area (Å²) in [5.74, 6) is -0.882. The molecular weight excluding hydrogens is 313 g/mol. The Bertz CT molecular complexity index is 540. The lowest BCUT2D eigenvalue weighted by atomic mass is 9.82. The molecule has 21 heavy (non-hydrogen) atoms. The van der Waals surface area contributed by atoms with E-state index in [2.05, 4.69) is 5.32 Å². The zero-order valence-electron chi connectivity index (χ0n) is 11.4. The summed E-state index contributed by atoms with van der Waals surface area (Å²) in [4.78, 5) is 23.0. The van der Waals surface area contributed by atoms with Gasteiger partial charge in [-0.3, -0.25) is 9.59 Å². The second-order valence-corrected chi connectivity index (χ2v) is 6.15. The van der Waals surface area contributed by atoms with Gasteiger partial charge in [0.05, 0.1) is 21.5 Å². The van der Waals surface area contributed by atoms with Gasteiger partial charge in [-0.05, 0) is 43.7 Å². The molecule has 1 aromatic rings. The third-order valence-corrected chi connectivity index (χ3v) is 4.76. The maximum Gasteiger partial charge on any atom is 0.306 e. The number of carbonyl (C=O) groups is 2. The normalized spacial score (nSPS) is 21.8. The van der Waals surface area contributed by atoms with Gasteiger partial charge in [0.15, 0.2) is 0 Å². The molecule has 1 aromatic carbocycles. The van der Waals surface area contributed by atoms with E-state index in [4.69, 9.17) is 28.3 Å². The molecule has 0 atom stereocenters. The lowest BCUT2D eigenvalue weighted by Crippen LogP contribution is -2.32. The summed E-state index contributed by atoms with van der Waals surface area (Å²) in [6.45, 7) is 0.536. The van der Waals surface area contributed by atoms with Crippen molar-refractivity contribution in [1.29, 1.82) is 0 Å².